The highest BCUT2D eigenvalue weighted by Crippen LogP contribution is 2.14. The molecule has 1 aliphatic heterocycles. The second kappa shape index (κ2) is 8.34. The van der Waals surface area contributed by atoms with E-state index in [2.05, 4.69) is 15.4 Å². The third-order valence-corrected chi connectivity index (χ3v) is 4.28. The fraction of sp³-hybridized carbons (Fsp3) is 0.200. The number of ether oxygens (including phenoxy) is 1. The highest BCUT2D eigenvalue weighted by Gasteiger charge is 2.38. The predicted molar refractivity (Wildman–Crippen MR) is 101 cm³/mol. The molecule has 2 N–H and O–H groups in total. The predicted octanol–water partition coefficient (Wildman–Crippen LogP) is 1.57. The Kier molecular flexibility index (Phi) is 5.69. The fourth-order valence-electron chi connectivity index (χ4n) is 2.87. The van der Waals surface area contributed by atoms with Crippen molar-refractivity contribution in [3.8, 4) is 0 Å². The molecule has 28 heavy (non-hydrogen) atoms. The van der Waals surface area contributed by atoms with E-state index in [1.165, 1.54) is 31.4 Å². The van der Waals surface area contributed by atoms with Crippen molar-refractivity contribution in [3.63, 3.8) is 0 Å². The summed E-state index contributed by atoms with van der Waals surface area (Å²) in [7, 11) is 1.28. The summed E-state index contributed by atoms with van der Waals surface area (Å²) in [5.41, 5.74) is 1.70. The van der Waals surface area contributed by atoms with E-state index in [0.717, 1.165) is 10.5 Å². The van der Waals surface area contributed by atoms with Crippen molar-refractivity contribution in [1.29, 1.82) is 0 Å². The zero-order chi connectivity index (χ0) is 20.1. The van der Waals surface area contributed by atoms with Gasteiger partial charge in [0.2, 0.25) is 5.91 Å². The maximum Gasteiger partial charge on any atom is 0.337 e. The van der Waals surface area contributed by atoms with Crippen molar-refractivity contribution in [2.24, 2.45) is 0 Å². The van der Waals surface area contributed by atoms with Gasteiger partial charge in [-0.25, -0.2) is 9.59 Å². The number of carbonyl (C=O) groups is 4. The van der Waals surface area contributed by atoms with Crippen LogP contribution < -0.4 is 10.6 Å². The Morgan fingerprint density at radius 3 is 2.39 bits per heavy atom. The molecular formula is C20H19N3O5. The van der Waals surface area contributed by atoms with Gasteiger partial charge in [0, 0.05) is 12.1 Å². The molecule has 4 amide bonds. The number of anilines is 1. The van der Waals surface area contributed by atoms with Crippen LogP contribution >= 0.6 is 0 Å². The number of hydrogen-bond donors (Lipinski definition) is 2. The third kappa shape index (κ3) is 4.35. The molecule has 0 spiro atoms. The molecule has 0 saturated carbocycles. The van der Waals surface area contributed by atoms with E-state index in [0.29, 0.717) is 17.7 Å². The van der Waals surface area contributed by atoms with Crippen LogP contribution in [0, 0.1) is 0 Å². The van der Waals surface area contributed by atoms with Crippen LogP contribution in [0.15, 0.2) is 54.6 Å². The Hall–Kier alpha value is -3.68. The summed E-state index contributed by atoms with van der Waals surface area (Å²) in [5, 5.41) is 5.20. The molecule has 1 heterocycles. The molecule has 0 aromatic heterocycles. The van der Waals surface area contributed by atoms with Crippen molar-refractivity contribution in [2.45, 2.75) is 12.5 Å². The van der Waals surface area contributed by atoms with Gasteiger partial charge in [-0.3, -0.25) is 14.5 Å². The fourth-order valence-corrected chi connectivity index (χ4v) is 2.87. The van der Waals surface area contributed by atoms with Gasteiger partial charge >= 0.3 is 12.0 Å². The van der Waals surface area contributed by atoms with Crippen molar-refractivity contribution >= 4 is 29.5 Å². The third-order valence-electron chi connectivity index (χ3n) is 4.28. The van der Waals surface area contributed by atoms with Crippen LogP contribution in [0.2, 0.25) is 0 Å². The van der Waals surface area contributed by atoms with Crippen molar-refractivity contribution in [2.75, 3.05) is 19.0 Å². The Morgan fingerprint density at radius 2 is 1.75 bits per heavy atom. The normalized spacial score (nSPS) is 15.9. The first kappa shape index (κ1) is 19.1. The van der Waals surface area contributed by atoms with Gasteiger partial charge in [0.1, 0.15) is 12.6 Å². The highest BCUT2D eigenvalue weighted by atomic mass is 16.5. The summed E-state index contributed by atoms with van der Waals surface area (Å²) in [5.74, 6) is -1.44. The van der Waals surface area contributed by atoms with E-state index in [9.17, 15) is 19.2 Å². The van der Waals surface area contributed by atoms with E-state index in [4.69, 9.17) is 0 Å². The zero-order valence-electron chi connectivity index (χ0n) is 15.2. The smallest absolute Gasteiger partial charge is 0.337 e. The maximum absolute atomic E-state index is 12.5. The summed E-state index contributed by atoms with van der Waals surface area (Å²) < 4.78 is 4.61. The van der Waals surface area contributed by atoms with E-state index < -0.39 is 36.4 Å². The quantitative estimate of drug-likeness (QED) is 0.584. The Balaban J connectivity index is 1.58. The molecule has 1 fully saturated rings. The number of hydrogen-bond acceptors (Lipinski definition) is 5. The number of benzene rings is 2. The highest BCUT2D eigenvalue weighted by molar-refractivity contribution is 6.08. The molecule has 0 aliphatic carbocycles. The van der Waals surface area contributed by atoms with E-state index >= 15 is 0 Å². The Bertz CT molecular complexity index is 896. The van der Waals surface area contributed by atoms with Crippen LogP contribution in [0.1, 0.15) is 15.9 Å². The lowest BCUT2D eigenvalue weighted by Gasteiger charge is -2.13. The molecule has 0 bridgehead atoms. The lowest BCUT2D eigenvalue weighted by molar-refractivity contribution is -0.130. The summed E-state index contributed by atoms with van der Waals surface area (Å²) in [6.07, 6.45) is 0.360. The van der Waals surface area contributed by atoms with Crippen LogP contribution in [0.4, 0.5) is 10.5 Å². The number of amides is 4. The number of methoxy groups -OCH3 is 1. The standard InChI is InChI=1S/C20H19N3O5/c1-28-19(26)14-7-9-15(10-8-14)21-17(24)12-23-18(25)16(22-20(23)27)11-13-5-3-2-4-6-13/h2-10,16H,11-12H2,1H3,(H,21,24)(H,22,27)/t16-/m1/s1. The van der Waals surface area contributed by atoms with Gasteiger partial charge in [0.25, 0.3) is 5.91 Å². The van der Waals surface area contributed by atoms with E-state index in [1.807, 2.05) is 30.3 Å². The first-order chi connectivity index (χ1) is 13.5. The van der Waals surface area contributed by atoms with E-state index in [1.54, 1.807) is 0 Å². The number of nitrogens with zero attached hydrogens (tertiary/aromatic N) is 1. The summed E-state index contributed by atoms with van der Waals surface area (Å²) in [4.78, 5) is 49.1. The molecular weight excluding hydrogens is 362 g/mol. The number of urea groups is 1. The second-order valence-electron chi connectivity index (χ2n) is 6.23. The van der Waals surface area contributed by atoms with Crippen LogP contribution in [-0.4, -0.2) is 48.4 Å². The maximum atomic E-state index is 12.5. The van der Waals surface area contributed by atoms with Gasteiger partial charge in [0.05, 0.1) is 12.7 Å². The lowest BCUT2D eigenvalue weighted by atomic mass is 10.1. The number of carbonyl (C=O) groups excluding carboxylic acids is 4. The largest absolute Gasteiger partial charge is 0.465 e. The number of nitrogens with one attached hydrogen (secondary N) is 2. The molecule has 144 valence electrons. The van der Waals surface area contributed by atoms with Crippen molar-refractivity contribution in [1.82, 2.24) is 10.2 Å². The molecule has 8 heteroatoms. The molecule has 0 radical (unpaired) electrons. The van der Waals surface area contributed by atoms with Crippen LogP contribution in [0.3, 0.4) is 0 Å². The monoisotopic (exact) mass is 381 g/mol. The van der Waals surface area contributed by atoms with Gasteiger partial charge in [-0.05, 0) is 29.8 Å². The molecule has 1 saturated heterocycles. The topological polar surface area (TPSA) is 105 Å². The van der Waals surface area contributed by atoms with Crippen molar-refractivity contribution in [3.05, 3.63) is 65.7 Å². The lowest BCUT2D eigenvalue weighted by Crippen LogP contribution is -2.38. The van der Waals surface area contributed by atoms with Gasteiger partial charge < -0.3 is 15.4 Å². The molecule has 2 aromatic carbocycles. The van der Waals surface area contributed by atoms with Crippen LogP contribution in [0.25, 0.3) is 0 Å². The minimum absolute atomic E-state index is 0.346. The number of imide groups is 1. The van der Waals surface area contributed by atoms with Crippen LogP contribution in [-0.2, 0) is 20.7 Å². The first-order valence-electron chi connectivity index (χ1n) is 8.62. The van der Waals surface area contributed by atoms with Crippen LogP contribution in [0.5, 0.6) is 0 Å². The summed E-state index contributed by atoms with van der Waals surface area (Å²) >= 11 is 0. The molecule has 0 unspecified atom stereocenters. The summed E-state index contributed by atoms with van der Waals surface area (Å²) in [6.45, 7) is -0.394. The number of esters is 1. The van der Waals surface area contributed by atoms with Gasteiger partial charge in [-0.15, -0.1) is 0 Å². The average Bonchev–Trinajstić information content (AvgIpc) is 2.96. The van der Waals surface area contributed by atoms with E-state index in [-0.39, 0.29) is 0 Å². The SMILES string of the molecule is COC(=O)c1ccc(NC(=O)CN2C(=O)N[C@H](Cc3ccccc3)C2=O)cc1. The molecule has 3 rings (SSSR count). The zero-order valence-corrected chi connectivity index (χ0v) is 15.2. The Labute approximate surface area is 161 Å². The molecule has 2 aromatic rings. The first-order valence-corrected chi connectivity index (χ1v) is 8.62. The van der Waals surface area contributed by atoms with Crippen molar-refractivity contribution < 1.29 is 23.9 Å². The van der Waals surface area contributed by atoms with Gasteiger partial charge in [0.15, 0.2) is 0 Å². The Morgan fingerprint density at radius 1 is 1.07 bits per heavy atom. The molecule has 1 aliphatic rings. The van der Waals surface area contributed by atoms with Gasteiger partial charge in [-0.1, -0.05) is 30.3 Å². The number of rotatable bonds is 6. The minimum atomic E-state index is -0.693. The second-order valence-corrected chi connectivity index (χ2v) is 6.23. The summed E-state index contributed by atoms with van der Waals surface area (Å²) in [6, 6.07) is 14.1. The minimum Gasteiger partial charge on any atom is -0.465 e. The molecule has 8 nitrogen and oxygen atoms in total. The average molecular weight is 381 g/mol. The van der Waals surface area contributed by atoms with Gasteiger partial charge in [-0.2, -0.15) is 0 Å². The molecule has 1 atom stereocenters.